The van der Waals surface area contributed by atoms with Crippen molar-refractivity contribution < 1.29 is 40.8 Å². The topological polar surface area (TPSA) is 92.3 Å². The molecule has 2 aliphatic rings. The number of carbonyl (C=O) groups is 1. The van der Waals surface area contributed by atoms with E-state index in [9.17, 15) is 36.2 Å². The van der Waals surface area contributed by atoms with E-state index in [1.165, 1.54) is 30.6 Å². The number of aromatic nitrogens is 3. The minimum absolute atomic E-state index is 0.0192. The second kappa shape index (κ2) is 10.7. The van der Waals surface area contributed by atoms with Crippen LogP contribution in [0.1, 0.15) is 53.1 Å². The molecule has 1 aliphatic heterocycles. The zero-order valence-corrected chi connectivity index (χ0v) is 23.9. The normalized spacial score (nSPS) is 16.8. The first-order valence-corrected chi connectivity index (χ1v) is 14.0. The molecular weight excluding hydrogens is 637 g/mol. The maximum atomic E-state index is 13.8. The molecule has 15 heteroatoms. The molecule has 1 spiro atoms. The van der Waals surface area contributed by atoms with Crippen molar-refractivity contribution in [1.29, 1.82) is 0 Å². The van der Waals surface area contributed by atoms with Crippen LogP contribution >= 0.6 is 23.2 Å². The molecule has 2 fully saturated rings. The molecule has 1 aliphatic carbocycles. The first-order valence-electron chi connectivity index (χ1n) is 13.2. The molecule has 0 atom stereocenters. The third-order valence-electron chi connectivity index (χ3n) is 8.13. The van der Waals surface area contributed by atoms with Gasteiger partial charge in [-0.1, -0.05) is 33.9 Å². The van der Waals surface area contributed by atoms with E-state index in [2.05, 4.69) is 15.1 Å². The molecule has 0 amide bonds. The summed E-state index contributed by atoms with van der Waals surface area (Å²) in [4.78, 5) is 20.9. The first-order chi connectivity index (χ1) is 20.6. The van der Waals surface area contributed by atoms with Gasteiger partial charge in [0.1, 0.15) is 11.4 Å². The molecule has 6 rings (SSSR count). The number of alkyl halides is 6. The molecule has 0 bridgehead atoms. The Hall–Kier alpha value is -3.84. The number of hydrogen-bond acceptors (Lipinski definition) is 6. The monoisotopic (exact) mass is 656 g/mol. The van der Waals surface area contributed by atoms with E-state index < -0.39 is 35.3 Å². The fourth-order valence-electron chi connectivity index (χ4n) is 6.02. The maximum Gasteiger partial charge on any atom is 0.453 e. The van der Waals surface area contributed by atoms with Crippen LogP contribution in [0, 0.1) is 5.41 Å². The fourth-order valence-corrected chi connectivity index (χ4v) is 6.56. The van der Waals surface area contributed by atoms with E-state index in [-0.39, 0.29) is 43.2 Å². The molecule has 1 saturated heterocycles. The second-order valence-electron chi connectivity index (χ2n) is 11.0. The summed E-state index contributed by atoms with van der Waals surface area (Å²) < 4.78 is 87.5. The van der Waals surface area contributed by atoms with Gasteiger partial charge in [0.2, 0.25) is 5.76 Å². The number of halogens is 8. The molecule has 4 aromatic rings. The highest BCUT2D eigenvalue weighted by molar-refractivity contribution is 6.39. The van der Waals surface area contributed by atoms with Crippen LogP contribution in [0.2, 0.25) is 10.0 Å². The quantitative estimate of drug-likeness (QED) is 0.219. The molecule has 0 radical (unpaired) electrons. The summed E-state index contributed by atoms with van der Waals surface area (Å²) in [6.07, 6.45) is -3.31. The molecular formula is C29H20Cl2F6N4O3. The van der Waals surface area contributed by atoms with Gasteiger partial charge in [0.25, 0.3) is 0 Å². The van der Waals surface area contributed by atoms with Gasteiger partial charge in [-0.3, -0.25) is 4.98 Å². The number of fused-ring (bicyclic) bond motifs is 1. The van der Waals surface area contributed by atoms with Gasteiger partial charge < -0.3 is 14.5 Å². The second-order valence-corrected chi connectivity index (χ2v) is 11.8. The molecule has 230 valence electrons. The minimum atomic E-state index is -4.81. The van der Waals surface area contributed by atoms with Crippen LogP contribution in [0.4, 0.5) is 32.0 Å². The Morgan fingerprint density at radius 2 is 1.66 bits per heavy atom. The van der Waals surface area contributed by atoms with Gasteiger partial charge >= 0.3 is 18.3 Å². The number of carboxylic acid groups (broad SMARTS) is 1. The first kappa shape index (κ1) is 30.2. The Morgan fingerprint density at radius 1 is 1.00 bits per heavy atom. The van der Waals surface area contributed by atoms with Gasteiger partial charge in [0.05, 0.1) is 26.7 Å². The van der Waals surface area contributed by atoms with E-state index in [1.54, 1.807) is 6.07 Å². The highest BCUT2D eigenvalue weighted by atomic mass is 35.5. The summed E-state index contributed by atoms with van der Waals surface area (Å²) in [5.74, 6) is -2.82. The molecule has 0 unspecified atom stereocenters. The Labute approximate surface area is 255 Å². The van der Waals surface area contributed by atoms with Gasteiger partial charge in [-0.2, -0.15) is 26.3 Å². The third kappa shape index (κ3) is 5.47. The average molecular weight is 657 g/mol. The van der Waals surface area contributed by atoms with Crippen molar-refractivity contribution in [1.82, 2.24) is 15.1 Å². The number of aromatic carboxylic acids is 1. The molecule has 1 saturated carbocycles. The highest BCUT2D eigenvalue weighted by Gasteiger charge is 2.45. The van der Waals surface area contributed by atoms with E-state index in [0.29, 0.717) is 50.5 Å². The van der Waals surface area contributed by atoms with Crippen molar-refractivity contribution in [3.8, 4) is 11.3 Å². The van der Waals surface area contributed by atoms with Crippen molar-refractivity contribution in [2.45, 2.75) is 38.0 Å². The molecule has 7 nitrogen and oxygen atoms in total. The number of benzene rings is 1. The van der Waals surface area contributed by atoms with Gasteiger partial charge in [-0.15, -0.1) is 0 Å². The lowest BCUT2D eigenvalue weighted by Gasteiger charge is -2.50. The maximum absolute atomic E-state index is 13.8. The predicted molar refractivity (Wildman–Crippen MR) is 150 cm³/mol. The molecule has 44 heavy (non-hydrogen) atoms. The standard InChI is InChI=1S/C29H20Cl2F6N4O3/c30-19-12-38-13-20(31)23(19)24-17(25(44-40-24)29(35,36)37)7-14-10-27(11-14)3-5-41(6-4-27)15-1-2-21-16(8-15)18(28(32,33)34)9-22(39-21)26(42)43/h1-2,7-9,12-13H,3-6,10-11H2,(H,42,43). The van der Waals surface area contributed by atoms with E-state index in [0.717, 1.165) is 5.57 Å². The summed E-state index contributed by atoms with van der Waals surface area (Å²) in [6, 6.07) is 4.87. The summed E-state index contributed by atoms with van der Waals surface area (Å²) in [5.41, 5.74) is -1.06. The number of rotatable bonds is 4. The van der Waals surface area contributed by atoms with Crippen LogP contribution < -0.4 is 4.90 Å². The number of hydrogen-bond donors (Lipinski definition) is 1. The Morgan fingerprint density at radius 3 is 2.25 bits per heavy atom. The minimum Gasteiger partial charge on any atom is -0.477 e. The van der Waals surface area contributed by atoms with E-state index >= 15 is 0 Å². The molecule has 1 N–H and O–H groups in total. The number of nitrogens with zero attached hydrogens (tertiary/aromatic N) is 4. The highest BCUT2D eigenvalue weighted by Crippen LogP contribution is 2.54. The summed E-state index contributed by atoms with van der Waals surface area (Å²) >= 11 is 12.4. The molecule has 4 heterocycles. The summed E-state index contributed by atoms with van der Waals surface area (Å²) in [5, 5.41) is 12.7. The molecule has 1 aromatic carbocycles. The lowest BCUT2D eigenvalue weighted by Crippen LogP contribution is -2.44. The van der Waals surface area contributed by atoms with Crippen LogP contribution in [0.25, 0.3) is 28.2 Å². The number of anilines is 1. The van der Waals surface area contributed by atoms with Crippen LogP contribution in [0.15, 0.2) is 46.8 Å². The number of allylic oxidation sites excluding steroid dienone is 1. The van der Waals surface area contributed by atoms with Crippen molar-refractivity contribution in [2.75, 3.05) is 18.0 Å². The van der Waals surface area contributed by atoms with Gasteiger partial charge in [0, 0.05) is 42.1 Å². The smallest absolute Gasteiger partial charge is 0.453 e. The van der Waals surface area contributed by atoms with E-state index in [4.69, 9.17) is 27.7 Å². The Balaban J connectivity index is 1.22. The van der Waals surface area contributed by atoms with Crippen LogP contribution in [0.5, 0.6) is 0 Å². The van der Waals surface area contributed by atoms with Crippen LogP contribution in [0.3, 0.4) is 0 Å². The number of piperidine rings is 1. The SMILES string of the molecule is O=C(O)c1cc(C(F)(F)F)c2cc(N3CCC4(CC3)CC(=Cc3c(-c5c(Cl)cncc5Cl)noc3C(F)(F)F)C4)ccc2n1. The zero-order valence-electron chi connectivity index (χ0n) is 22.4. The lowest BCUT2D eigenvalue weighted by atomic mass is 9.60. The van der Waals surface area contributed by atoms with Crippen molar-refractivity contribution in [3.63, 3.8) is 0 Å². The number of pyridine rings is 2. The third-order valence-corrected chi connectivity index (χ3v) is 8.71. The van der Waals surface area contributed by atoms with Crippen molar-refractivity contribution in [2.24, 2.45) is 5.41 Å². The van der Waals surface area contributed by atoms with Crippen LogP contribution in [-0.4, -0.2) is 39.3 Å². The Kier molecular flexibility index (Phi) is 7.31. The van der Waals surface area contributed by atoms with Crippen LogP contribution in [-0.2, 0) is 12.4 Å². The van der Waals surface area contributed by atoms with Gasteiger partial charge in [-0.05, 0) is 61.4 Å². The summed E-state index contributed by atoms with van der Waals surface area (Å²) in [6.45, 7) is 1.02. The van der Waals surface area contributed by atoms with Gasteiger partial charge in [0.15, 0.2) is 0 Å². The molecule has 3 aromatic heterocycles. The summed E-state index contributed by atoms with van der Waals surface area (Å²) in [7, 11) is 0. The fraction of sp³-hybridized carbons (Fsp3) is 0.310. The van der Waals surface area contributed by atoms with E-state index in [1.807, 2.05) is 4.90 Å². The Bertz CT molecular complexity index is 1800. The predicted octanol–water partition coefficient (Wildman–Crippen LogP) is 8.79. The zero-order chi connectivity index (χ0) is 31.6. The largest absolute Gasteiger partial charge is 0.477 e. The lowest BCUT2D eigenvalue weighted by molar-refractivity contribution is -0.155. The van der Waals surface area contributed by atoms with Crippen molar-refractivity contribution in [3.05, 3.63) is 74.9 Å². The number of carboxylic acids is 1. The average Bonchev–Trinajstić information content (AvgIpc) is 3.34. The van der Waals surface area contributed by atoms with Gasteiger partial charge in [-0.25, -0.2) is 9.78 Å². The van der Waals surface area contributed by atoms with Crippen molar-refractivity contribution >= 4 is 51.8 Å².